The number of nitrogens with one attached hydrogen (secondary N) is 2. The summed E-state index contributed by atoms with van der Waals surface area (Å²) in [5.74, 6) is -0.260. The fraction of sp³-hybridized carbons (Fsp3) is 0.118. The average Bonchev–Trinajstić information content (AvgIpc) is 3.05. The minimum absolute atomic E-state index is 0.0967. The second-order valence-corrected chi connectivity index (χ2v) is 6.17. The van der Waals surface area contributed by atoms with Crippen LogP contribution in [0, 0.1) is 5.82 Å². The van der Waals surface area contributed by atoms with Crippen molar-refractivity contribution >= 4 is 28.2 Å². The lowest BCUT2D eigenvalue weighted by atomic mass is 10.0. The summed E-state index contributed by atoms with van der Waals surface area (Å²) < 4.78 is 12.8. The van der Waals surface area contributed by atoms with E-state index in [0.717, 1.165) is 10.6 Å². The molecule has 24 heavy (non-hydrogen) atoms. The zero-order valence-corrected chi connectivity index (χ0v) is 13.7. The molecule has 3 rings (SSSR count). The minimum Gasteiger partial charge on any atom is -0.308 e. The van der Waals surface area contributed by atoms with Crippen molar-refractivity contribution in [3.8, 4) is 0 Å². The number of aromatic nitrogens is 2. The first-order chi connectivity index (χ1) is 11.6. The Morgan fingerprint density at radius 3 is 2.46 bits per heavy atom. The van der Waals surface area contributed by atoms with E-state index >= 15 is 0 Å². The fourth-order valence-electron chi connectivity index (χ4n) is 2.14. The molecule has 2 amide bonds. The number of carbonyl (C=O) groups excluding carboxylic acids is 1. The molecular weight excluding hydrogens is 327 g/mol. The van der Waals surface area contributed by atoms with Gasteiger partial charge in [-0.2, -0.15) is 0 Å². The van der Waals surface area contributed by atoms with E-state index < -0.39 is 6.03 Å². The van der Waals surface area contributed by atoms with Crippen molar-refractivity contribution in [2.45, 2.75) is 12.8 Å². The number of nitrogens with zero attached hydrogens (tertiary/aromatic N) is 2. The smallest absolute Gasteiger partial charge is 0.308 e. The lowest BCUT2D eigenvalue weighted by molar-refractivity contribution is 0.262. The topological polar surface area (TPSA) is 66.9 Å². The Hall–Kier alpha value is -2.80. The highest BCUT2D eigenvalue weighted by atomic mass is 32.1. The molecule has 0 radical (unpaired) electrons. The zero-order chi connectivity index (χ0) is 16.9. The van der Waals surface area contributed by atoms with Gasteiger partial charge < -0.3 is 5.32 Å². The van der Waals surface area contributed by atoms with Crippen molar-refractivity contribution in [3.05, 3.63) is 71.0 Å². The van der Waals surface area contributed by atoms with E-state index in [1.807, 2.05) is 37.3 Å². The quantitative estimate of drug-likeness (QED) is 0.735. The highest BCUT2D eigenvalue weighted by Crippen LogP contribution is 2.28. The fourth-order valence-corrected chi connectivity index (χ4v) is 2.96. The predicted octanol–water partition coefficient (Wildman–Crippen LogP) is 4.47. The lowest BCUT2D eigenvalue weighted by Crippen LogP contribution is -2.19. The molecule has 1 heterocycles. The Bertz CT molecular complexity index is 820. The third-order valence-electron chi connectivity index (χ3n) is 3.43. The Balaban J connectivity index is 1.63. The zero-order valence-electron chi connectivity index (χ0n) is 12.9. The summed E-state index contributed by atoms with van der Waals surface area (Å²) in [4.78, 5) is 11.9. The molecule has 2 N–H and O–H groups in total. The normalized spacial score (nSPS) is 11.8. The van der Waals surface area contributed by atoms with Gasteiger partial charge in [0.05, 0.1) is 0 Å². The van der Waals surface area contributed by atoms with Crippen LogP contribution in [0.15, 0.2) is 54.6 Å². The standard InChI is InChI=1S/C17H15FN4OS/c1-11(12-5-3-2-4-6-12)15-21-22-17(24-15)20-16(23)19-14-9-7-13(18)8-10-14/h2-11H,1H3,(H2,19,20,22,23)/t11-/m0/s1. The number of rotatable bonds is 4. The number of benzene rings is 2. The Morgan fingerprint density at radius 2 is 1.75 bits per heavy atom. The molecule has 2 aromatic carbocycles. The molecule has 5 nitrogen and oxygen atoms in total. The molecule has 0 fully saturated rings. The summed E-state index contributed by atoms with van der Waals surface area (Å²) in [6, 6.07) is 15.0. The molecule has 7 heteroatoms. The second-order valence-electron chi connectivity index (χ2n) is 5.16. The molecule has 122 valence electrons. The van der Waals surface area contributed by atoms with E-state index in [0.29, 0.717) is 10.8 Å². The first-order valence-corrected chi connectivity index (χ1v) is 8.15. The maximum Gasteiger partial charge on any atom is 0.325 e. The average molecular weight is 342 g/mol. The molecule has 0 spiro atoms. The van der Waals surface area contributed by atoms with Crippen molar-refractivity contribution in [3.63, 3.8) is 0 Å². The number of urea groups is 1. The molecule has 0 aliphatic carbocycles. The number of halogens is 1. The molecule has 0 bridgehead atoms. The lowest BCUT2D eigenvalue weighted by Gasteiger charge is -2.07. The van der Waals surface area contributed by atoms with Crippen molar-refractivity contribution in [1.29, 1.82) is 0 Å². The SMILES string of the molecule is C[C@@H](c1ccccc1)c1nnc(NC(=O)Nc2ccc(F)cc2)s1. The van der Waals surface area contributed by atoms with Gasteiger partial charge >= 0.3 is 6.03 Å². The number of hydrogen-bond donors (Lipinski definition) is 2. The molecular formula is C17H15FN4OS. The van der Waals surface area contributed by atoms with E-state index in [1.54, 1.807) is 0 Å². The summed E-state index contributed by atoms with van der Waals surface area (Å²) in [6.45, 7) is 2.04. The van der Waals surface area contributed by atoms with Crippen LogP contribution in [0.4, 0.5) is 20.0 Å². The largest absolute Gasteiger partial charge is 0.325 e. The molecule has 0 saturated heterocycles. The summed E-state index contributed by atoms with van der Waals surface area (Å²) in [5, 5.41) is 14.6. The van der Waals surface area contributed by atoms with E-state index in [1.165, 1.54) is 35.6 Å². The highest BCUT2D eigenvalue weighted by molar-refractivity contribution is 7.15. The van der Waals surface area contributed by atoms with Gasteiger partial charge in [-0.25, -0.2) is 9.18 Å². The van der Waals surface area contributed by atoms with Gasteiger partial charge in [-0.15, -0.1) is 10.2 Å². The van der Waals surface area contributed by atoms with Gasteiger partial charge in [0.2, 0.25) is 5.13 Å². The number of amides is 2. The van der Waals surface area contributed by atoms with Gasteiger partial charge in [0.25, 0.3) is 0 Å². The van der Waals surface area contributed by atoms with E-state index in [4.69, 9.17) is 0 Å². The molecule has 1 atom stereocenters. The number of hydrogen-bond acceptors (Lipinski definition) is 4. The Labute approximate surface area is 142 Å². The Kier molecular flexibility index (Phi) is 4.81. The van der Waals surface area contributed by atoms with Gasteiger partial charge in [-0.1, -0.05) is 48.6 Å². The van der Waals surface area contributed by atoms with Gasteiger partial charge in [-0.3, -0.25) is 5.32 Å². The van der Waals surface area contributed by atoms with E-state index in [-0.39, 0.29) is 11.7 Å². The Morgan fingerprint density at radius 1 is 1.04 bits per heavy atom. The van der Waals surface area contributed by atoms with Crippen LogP contribution in [0.1, 0.15) is 23.4 Å². The number of carbonyl (C=O) groups is 1. The van der Waals surface area contributed by atoms with Gasteiger partial charge in [0.15, 0.2) is 0 Å². The van der Waals surface area contributed by atoms with Crippen LogP contribution in [-0.4, -0.2) is 16.2 Å². The van der Waals surface area contributed by atoms with Crippen LogP contribution in [0.3, 0.4) is 0 Å². The first kappa shape index (κ1) is 16.1. The van der Waals surface area contributed by atoms with E-state index in [2.05, 4.69) is 20.8 Å². The summed E-state index contributed by atoms with van der Waals surface area (Å²) in [5.41, 5.74) is 1.63. The van der Waals surface area contributed by atoms with Gasteiger partial charge in [0, 0.05) is 11.6 Å². The van der Waals surface area contributed by atoms with Crippen LogP contribution in [0.5, 0.6) is 0 Å². The maximum absolute atomic E-state index is 12.8. The van der Waals surface area contributed by atoms with Crippen LogP contribution >= 0.6 is 11.3 Å². The predicted molar refractivity (Wildman–Crippen MR) is 92.9 cm³/mol. The molecule has 0 aliphatic heterocycles. The number of anilines is 2. The summed E-state index contributed by atoms with van der Waals surface area (Å²) in [6.07, 6.45) is 0. The van der Waals surface area contributed by atoms with Crippen molar-refractivity contribution in [2.75, 3.05) is 10.6 Å². The van der Waals surface area contributed by atoms with Crippen molar-refractivity contribution in [1.82, 2.24) is 10.2 Å². The highest BCUT2D eigenvalue weighted by Gasteiger charge is 2.15. The van der Waals surface area contributed by atoms with E-state index in [9.17, 15) is 9.18 Å². The molecule has 0 saturated carbocycles. The molecule has 3 aromatic rings. The minimum atomic E-state index is -0.448. The van der Waals surface area contributed by atoms with Gasteiger partial charge in [0.1, 0.15) is 10.8 Å². The first-order valence-electron chi connectivity index (χ1n) is 7.34. The second kappa shape index (κ2) is 7.18. The maximum atomic E-state index is 12.8. The monoisotopic (exact) mass is 342 g/mol. The van der Waals surface area contributed by atoms with Crippen LogP contribution < -0.4 is 10.6 Å². The van der Waals surface area contributed by atoms with Crippen LogP contribution in [0.2, 0.25) is 0 Å². The van der Waals surface area contributed by atoms with Crippen LogP contribution in [0.25, 0.3) is 0 Å². The van der Waals surface area contributed by atoms with Crippen molar-refractivity contribution < 1.29 is 9.18 Å². The molecule has 0 aliphatic rings. The molecule has 1 aromatic heterocycles. The third kappa shape index (κ3) is 3.94. The summed E-state index contributed by atoms with van der Waals surface area (Å²) in [7, 11) is 0. The van der Waals surface area contributed by atoms with Crippen molar-refractivity contribution in [2.24, 2.45) is 0 Å². The molecule has 0 unspecified atom stereocenters. The van der Waals surface area contributed by atoms with Gasteiger partial charge in [-0.05, 0) is 29.8 Å². The third-order valence-corrected chi connectivity index (χ3v) is 4.45. The van der Waals surface area contributed by atoms with Crippen LogP contribution in [-0.2, 0) is 0 Å². The summed E-state index contributed by atoms with van der Waals surface area (Å²) >= 11 is 1.32.